The van der Waals surface area contributed by atoms with Crippen LogP contribution >= 0.6 is 0 Å². The highest BCUT2D eigenvalue weighted by Gasteiger charge is 2.16. The van der Waals surface area contributed by atoms with Gasteiger partial charge in [-0.15, -0.1) is 0 Å². The van der Waals surface area contributed by atoms with Gasteiger partial charge in [0.1, 0.15) is 0 Å². The molecule has 1 rings (SSSR count). The van der Waals surface area contributed by atoms with E-state index >= 15 is 0 Å². The molecule has 110 valence electrons. The molecule has 19 heavy (non-hydrogen) atoms. The highest BCUT2D eigenvalue weighted by atomic mass is 16.5. The van der Waals surface area contributed by atoms with E-state index in [-0.39, 0.29) is 30.8 Å². The Hall–Kier alpha value is -1.10. The van der Waals surface area contributed by atoms with Crippen molar-refractivity contribution >= 4 is 11.8 Å². The Labute approximate surface area is 115 Å². The van der Waals surface area contributed by atoms with Gasteiger partial charge >= 0.3 is 0 Å². The van der Waals surface area contributed by atoms with Crippen molar-refractivity contribution in [1.29, 1.82) is 0 Å². The Morgan fingerprint density at radius 2 is 1.89 bits per heavy atom. The number of ether oxygens (including phenoxy) is 1. The lowest BCUT2D eigenvalue weighted by Crippen LogP contribution is -2.33. The predicted octanol–water partition coefficient (Wildman–Crippen LogP) is 1.22. The first-order valence-electron chi connectivity index (χ1n) is 7.23. The second-order valence-corrected chi connectivity index (χ2v) is 5.47. The maximum atomic E-state index is 11.5. The molecule has 0 saturated carbocycles. The lowest BCUT2D eigenvalue weighted by atomic mass is 10.1. The van der Waals surface area contributed by atoms with Crippen molar-refractivity contribution in [2.24, 2.45) is 5.92 Å². The summed E-state index contributed by atoms with van der Waals surface area (Å²) in [6.45, 7) is 6.27. The summed E-state index contributed by atoms with van der Waals surface area (Å²) in [6.07, 6.45) is 3.71. The molecule has 0 aromatic rings. The lowest BCUT2D eigenvalue weighted by molar-refractivity contribution is -0.126. The molecule has 0 aromatic carbocycles. The minimum absolute atomic E-state index is 0.0482. The van der Waals surface area contributed by atoms with Gasteiger partial charge in [0.05, 0.1) is 6.10 Å². The Bertz CT molecular complexity index is 286. The lowest BCUT2D eigenvalue weighted by Gasteiger charge is -2.11. The molecule has 0 radical (unpaired) electrons. The molecule has 2 amide bonds. The van der Waals surface area contributed by atoms with Gasteiger partial charge in [0.25, 0.3) is 0 Å². The fourth-order valence-electron chi connectivity index (χ4n) is 1.94. The molecule has 1 heterocycles. The Kier molecular flexibility index (Phi) is 7.48. The molecule has 0 aromatic heterocycles. The van der Waals surface area contributed by atoms with E-state index < -0.39 is 0 Å². The summed E-state index contributed by atoms with van der Waals surface area (Å²) in [5.74, 6) is 0.456. The number of carbonyl (C=O) groups excluding carboxylic acids is 2. The second-order valence-electron chi connectivity index (χ2n) is 5.47. The van der Waals surface area contributed by atoms with Crippen molar-refractivity contribution in [3.63, 3.8) is 0 Å². The fraction of sp³-hybridized carbons (Fsp3) is 0.857. The standard InChI is InChI=1S/C14H26N2O3/c1-11(2)7-8-15-13(17)5-6-14(18)16-10-12-4-3-9-19-12/h11-12H,3-10H2,1-2H3,(H,15,17)(H,16,18)/t12-/m0/s1. The zero-order valence-electron chi connectivity index (χ0n) is 12.0. The predicted molar refractivity (Wildman–Crippen MR) is 73.7 cm³/mol. The number of rotatable bonds is 8. The topological polar surface area (TPSA) is 67.4 Å². The first-order valence-corrected chi connectivity index (χ1v) is 7.23. The molecule has 1 fully saturated rings. The van der Waals surface area contributed by atoms with Crippen LogP contribution in [0.2, 0.25) is 0 Å². The van der Waals surface area contributed by atoms with E-state index in [1.165, 1.54) is 0 Å². The average molecular weight is 270 g/mol. The van der Waals surface area contributed by atoms with Gasteiger partial charge in [-0.1, -0.05) is 13.8 Å². The van der Waals surface area contributed by atoms with Gasteiger partial charge in [-0.3, -0.25) is 9.59 Å². The van der Waals surface area contributed by atoms with Crippen LogP contribution in [0.1, 0.15) is 46.0 Å². The molecule has 5 heteroatoms. The fourth-order valence-corrected chi connectivity index (χ4v) is 1.94. The molecule has 0 bridgehead atoms. The van der Waals surface area contributed by atoms with Crippen LogP contribution in [-0.4, -0.2) is 37.6 Å². The van der Waals surface area contributed by atoms with E-state index in [9.17, 15) is 9.59 Å². The number of hydrogen-bond acceptors (Lipinski definition) is 3. The van der Waals surface area contributed by atoms with Gasteiger partial charge in [-0.05, 0) is 25.2 Å². The van der Waals surface area contributed by atoms with E-state index in [4.69, 9.17) is 4.74 Å². The Balaban J connectivity index is 2.00. The summed E-state index contributed by atoms with van der Waals surface area (Å²) < 4.78 is 5.41. The summed E-state index contributed by atoms with van der Waals surface area (Å²) in [6, 6.07) is 0. The van der Waals surface area contributed by atoms with Crippen molar-refractivity contribution in [3.8, 4) is 0 Å². The molecule has 2 N–H and O–H groups in total. The maximum Gasteiger partial charge on any atom is 0.220 e. The van der Waals surface area contributed by atoms with E-state index in [1.807, 2.05) is 0 Å². The van der Waals surface area contributed by atoms with Crippen molar-refractivity contribution < 1.29 is 14.3 Å². The number of amides is 2. The molecule has 1 saturated heterocycles. The van der Waals surface area contributed by atoms with E-state index in [2.05, 4.69) is 24.5 Å². The number of nitrogens with one attached hydrogen (secondary N) is 2. The van der Waals surface area contributed by atoms with Crippen LogP contribution in [0, 0.1) is 5.92 Å². The van der Waals surface area contributed by atoms with Gasteiger partial charge in [0.2, 0.25) is 11.8 Å². The molecule has 1 aliphatic rings. The van der Waals surface area contributed by atoms with Crippen molar-refractivity contribution in [1.82, 2.24) is 10.6 Å². The minimum atomic E-state index is -0.0745. The Morgan fingerprint density at radius 1 is 1.21 bits per heavy atom. The van der Waals surface area contributed by atoms with Gasteiger partial charge < -0.3 is 15.4 Å². The quantitative estimate of drug-likeness (QED) is 0.697. The van der Waals surface area contributed by atoms with Crippen LogP contribution in [0.5, 0.6) is 0 Å². The zero-order valence-corrected chi connectivity index (χ0v) is 12.0. The third kappa shape index (κ3) is 7.82. The smallest absolute Gasteiger partial charge is 0.220 e. The first kappa shape index (κ1) is 16.0. The number of hydrogen-bond donors (Lipinski definition) is 2. The van der Waals surface area contributed by atoms with Crippen LogP contribution in [-0.2, 0) is 14.3 Å². The van der Waals surface area contributed by atoms with Crippen molar-refractivity contribution in [2.45, 2.75) is 52.1 Å². The maximum absolute atomic E-state index is 11.5. The van der Waals surface area contributed by atoms with Crippen LogP contribution in [0.15, 0.2) is 0 Å². The van der Waals surface area contributed by atoms with Crippen LogP contribution in [0.3, 0.4) is 0 Å². The third-order valence-electron chi connectivity index (χ3n) is 3.17. The summed E-state index contributed by atoms with van der Waals surface area (Å²) in [5.41, 5.74) is 0. The van der Waals surface area contributed by atoms with Crippen LogP contribution in [0.25, 0.3) is 0 Å². The highest BCUT2D eigenvalue weighted by molar-refractivity contribution is 5.83. The van der Waals surface area contributed by atoms with Gasteiger partial charge in [0.15, 0.2) is 0 Å². The average Bonchev–Trinajstić information content (AvgIpc) is 2.86. The SMILES string of the molecule is CC(C)CCNC(=O)CCC(=O)NC[C@@H]1CCCO1. The molecule has 0 unspecified atom stereocenters. The normalized spacial score (nSPS) is 18.6. The molecule has 0 aliphatic carbocycles. The Morgan fingerprint density at radius 3 is 2.47 bits per heavy atom. The molecular weight excluding hydrogens is 244 g/mol. The molecule has 5 nitrogen and oxygen atoms in total. The van der Waals surface area contributed by atoms with E-state index in [1.54, 1.807) is 0 Å². The van der Waals surface area contributed by atoms with E-state index in [0.29, 0.717) is 19.0 Å². The molecule has 1 aliphatic heterocycles. The zero-order chi connectivity index (χ0) is 14.1. The van der Waals surface area contributed by atoms with Crippen LogP contribution < -0.4 is 10.6 Å². The first-order chi connectivity index (χ1) is 9.08. The molecular formula is C14H26N2O3. The second kappa shape index (κ2) is 8.91. The highest BCUT2D eigenvalue weighted by Crippen LogP contribution is 2.10. The van der Waals surface area contributed by atoms with E-state index in [0.717, 1.165) is 25.9 Å². The minimum Gasteiger partial charge on any atom is -0.376 e. The van der Waals surface area contributed by atoms with Crippen molar-refractivity contribution in [2.75, 3.05) is 19.7 Å². The molecule has 1 atom stereocenters. The van der Waals surface area contributed by atoms with Gasteiger partial charge in [-0.25, -0.2) is 0 Å². The van der Waals surface area contributed by atoms with Crippen LogP contribution in [0.4, 0.5) is 0 Å². The summed E-state index contributed by atoms with van der Waals surface area (Å²) in [5, 5.41) is 5.63. The van der Waals surface area contributed by atoms with Crippen molar-refractivity contribution in [3.05, 3.63) is 0 Å². The molecule has 0 spiro atoms. The largest absolute Gasteiger partial charge is 0.376 e. The number of carbonyl (C=O) groups is 2. The van der Waals surface area contributed by atoms with Gasteiger partial charge in [0, 0.05) is 32.5 Å². The summed E-state index contributed by atoms with van der Waals surface area (Å²) in [4.78, 5) is 23.0. The monoisotopic (exact) mass is 270 g/mol. The third-order valence-corrected chi connectivity index (χ3v) is 3.17. The summed E-state index contributed by atoms with van der Waals surface area (Å²) >= 11 is 0. The van der Waals surface area contributed by atoms with Gasteiger partial charge in [-0.2, -0.15) is 0 Å². The summed E-state index contributed by atoms with van der Waals surface area (Å²) in [7, 11) is 0.